The van der Waals surface area contributed by atoms with E-state index in [2.05, 4.69) is 5.32 Å². The average Bonchev–Trinajstić information content (AvgIpc) is 3.32. The predicted molar refractivity (Wildman–Crippen MR) is 171 cm³/mol. The van der Waals surface area contributed by atoms with Gasteiger partial charge in [-0.3, -0.25) is 24.1 Å². The van der Waals surface area contributed by atoms with Gasteiger partial charge in [0.15, 0.2) is 11.6 Å². The Balaban J connectivity index is 1.14. The lowest BCUT2D eigenvalue weighted by molar-refractivity contribution is -0.123. The maximum atomic E-state index is 14.2. The molecule has 2 amide bonds. The van der Waals surface area contributed by atoms with Crippen LogP contribution in [0.3, 0.4) is 0 Å². The Morgan fingerprint density at radius 2 is 1.65 bits per heavy atom. The standard InChI is InChI=1S/C38H30N2O6/c1-20-15-31(42)30-18-29-27(33(35(30)36(20)43)22-16-21-17-26(41)11-14-32(21)46-19-22)12-13-28-34(29)38(45)40(37(28)44)25-9-7-24(8-10-25)39-23-5-3-2-4-6-23/h2-12,14-15,17,19,28-29,33-34,39,41H,13,16,18H2,1H3/t28-,29+,33-,34-/m0/s1. The number of hydrogen-bond donors (Lipinski definition) is 2. The van der Waals surface area contributed by atoms with Crippen LogP contribution in [-0.2, 0) is 25.6 Å². The van der Waals surface area contributed by atoms with E-state index >= 15 is 0 Å². The number of rotatable bonds is 4. The Labute approximate surface area is 265 Å². The second-order valence-electron chi connectivity index (χ2n) is 12.6. The predicted octanol–water partition coefficient (Wildman–Crippen LogP) is 6.12. The van der Waals surface area contributed by atoms with Gasteiger partial charge in [0, 0.05) is 46.0 Å². The zero-order chi connectivity index (χ0) is 31.7. The number of hydrogen-bond acceptors (Lipinski definition) is 7. The summed E-state index contributed by atoms with van der Waals surface area (Å²) in [4.78, 5) is 56.6. The van der Waals surface area contributed by atoms with Crippen LogP contribution in [-0.4, -0.2) is 28.5 Å². The maximum Gasteiger partial charge on any atom is 0.238 e. The van der Waals surface area contributed by atoms with Gasteiger partial charge in [-0.2, -0.15) is 0 Å². The second-order valence-corrected chi connectivity index (χ2v) is 12.6. The highest BCUT2D eigenvalue weighted by Gasteiger charge is 2.57. The van der Waals surface area contributed by atoms with Crippen molar-refractivity contribution in [1.29, 1.82) is 0 Å². The van der Waals surface area contributed by atoms with Crippen LogP contribution in [0.2, 0.25) is 0 Å². The maximum absolute atomic E-state index is 14.2. The van der Waals surface area contributed by atoms with Crippen molar-refractivity contribution in [2.45, 2.75) is 26.2 Å². The van der Waals surface area contributed by atoms with E-state index in [0.717, 1.165) is 28.1 Å². The molecule has 8 heteroatoms. The number of Topliss-reactive ketones (excluding diaryl/α,β-unsaturated/α-hetero) is 1. The highest BCUT2D eigenvalue weighted by atomic mass is 16.5. The van der Waals surface area contributed by atoms with Crippen LogP contribution in [0, 0.1) is 23.7 Å². The van der Waals surface area contributed by atoms with Crippen molar-refractivity contribution in [3.63, 3.8) is 0 Å². The Morgan fingerprint density at radius 1 is 0.891 bits per heavy atom. The van der Waals surface area contributed by atoms with Crippen molar-refractivity contribution in [2.24, 2.45) is 23.7 Å². The number of ether oxygens (including phenoxy) is 1. The summed E-state index contributed by atoms with van der Waals surface area (Å²) >= 11 is 0. The van der Waals surface area contributed by atoms with Crippen LogP contribution < -0.4 is 15.0 Å². The molecule has 0 saturated carbocycles. The number of nitrogens with zero attached hydrogens (tertiary/aromatic N) is 1. The molecule has 0 aromatic heterocycles. The van der Waals surface area contributed by atoms with E-state index in [1.54, 1.807) is 43.5 Å². The van der Waals surface area contributed by atoms with Crippen molar-refractivity contribution < 1.29 is 29.0 Å². The molecule has 2 aliphatic heterocycles. The summed E-state index contributed by atoms with van der Waals surface area (Å²) < 4.78 is 5.97. The van der Waals surface area contributed by atoms with Gasteiger partial charge in [0.1, 0.15) is 11.5 Å². The number of benzene rings is 3. The van der Waals surface area contributed by atoms with Crippen LogP contribution in [0.1, 0.15) is 25.3 Å². The van der Waals surface area contributed by atoms with E-state index in [1.807, 2.05) is 48.5 Å². The Hall–Kier alpha value is -5.50. The molecular formula is C38H30N2O6. The molecule has 2 N–H and O–H groups in total. The summed E-state index contributed by atoms with van der Waals surface area (Å²) in [6.45, 7) is 1.65. The van der Waals surface area contributed by atoms with Crippen LogP contribution in [0.4, 0.5) is 17.1 Å². The zero-order valence-corrected chi connectivity index (χ0v) is 25.0. The normalized spacial score (nSPS) is 25.1. The minimum atomic E-state index is -0.664. The number of phenols is 1. The monoisotopic (exact) mass is 610 g/mol. The molecule has 3 aromatic carbocycles. The number of aromatic hydroxyl groups is 1. The second kappa shape index (κ2) is 10.5. The lowest BCUT2D eigenvalue weighted by atomic mass is 9.58. The number of carbonyl (C=O) groups is 4. The van der Waals surface area contributed by atoms with E-state index in [1.165, 1.54) is 11.0 Å². The summed E-state index contributed by atoms with van der Waals surface area (Å²) in [6, 6.07) is 21.8. The van der Waals surface area contributed by atoms with E-state index in [0.29, 0.717) is 41.0 Å². The Morgan fingerprint density at radius 3 is 2.43 bits per heavy atom. The van der Waals surface area contributed by atoms with Gasteiger partial charge < -0.3 is 15.2 Å². The van der Waals surface area contributed by atoms with Crippen LogP contribution in [0.5, 0.6) is 11.5 Å². The number of phenolic OH excluding ortho intramolecular Hbond substituents is 1. The SMILES string of the molecule is CC1=CC(=O)C2=C(C1=O)[C@@H](C1=COc3ccc(O)cc3C1)C1=CC[C@@H]3C(=O)N(c4ccc(Nc5ccccc5)cc4)C(=O)[C@@H]3[C@@H]1C2. The summed E-state index contributed by atoms with van der Waals surface area (Å²) in [5.41, 5.74) is 5.87. The van der Waals surface area contributed by atoms with Gasteiger partial charge >= 0.3 is 0 Å². The quantitative estimate of drug-likeness (QED) is 0.208. The Kier molecular flexibility index (Phi) is 6.42. The first-order valence-electron chi connectivity index (χ1n) is 15.5. The highest BCUT2D eigenvalue weighted by molar-refractivity contribution is 6.25. The minimum absolute atomic E-state index is 0.103. The fourth-order valence-electron chi connectivity index (χ4n) is 7.81. The first-order chi connectivity index (χ1) is 22.3. The molecule has 8 nitrogen and oxygen atoms in total. The first-order valence-corrected chi connectivity index (χ1v) is 15.5. The number of imide groups is 1. The topological polar surface area (TPSA) is 113 Å². The van der Waals surface area contributed by atoms with Gasteiger partial charge in [0.25, 0.3) is 0 Å². The molecule has 0 bridgehead atoms. The molecule has 3 aromatic rings. The van der Waals surface area contributed by atoms with E-state index in [4.69, 9.17) is 4.74 Å². The molecule has 4 atom stereocenters. The van der Waals surface area contributed by atoms with Gasteiger partial charge in [-0.15, -0.1) is 0 Å². The molecule has 3 aliphatic carbocycles. The molecule has 2 heterocycles. The molecule has 1 saturated heterocycles. The van der Waals surface area contributed by atoms with Crippen molar-refractivity contribution in [1.82, 2.24) is 0 Å². The van der Waals surface area contributed by atoms with Crippen molar-refractivity contribution in [3.8, 4) is 11.5 Å². The van der Waals surface area contributed by atoms with Gasteiger partial charge in [-0.1, -0.05) is 29.8 Å². The van der Waals surface area contributed by atoms with Crippen LogP contribution >= 0.6 is 0 Å². The fraction of sp³-hybridized carbons (Fsp3) is 0.211. The molecular weight excluding hydrogens is 580 g/mol. The van der Waals surface area contributed by atoms with Crippen molar-refractivity contribution >= 4 is 40.4 Å². The molecule has 0 radical (unpaired) electrons. The smallest absolute Gasteiger partial charge is 0.238 e. The Bertz CT molecular complexity index is 1980. The largest absolute Gasteiger partial charge is 0.508 e. The van der Waals surface area contributed by atoms with Gasteiger partial charge in [-0.05, 0) is 91.9 Å². The third kappa shape index (κ3) is 4.35. The van der Waals surface area contributed by atoms with E-state index in [-0.39, 0.29) is 35.6 Å². The molecule has 5 aliphatic rings. The summed E-state index contributed by atoms with van der Waals surface area (Å²) in [6.07, 6.45) is 5.99. The zero-order valence-electron chi connectivity index (χ0n) is 25.0. The number of fused-ring (bicyclic) bond motifs is 4. The number of anilines is 3. The number of para-hydroxylation sites is 1. The minimum Gasteiger partial charge on any atom is -0.508 e. The summed E-state index contributed by atoms with van der Waals surface area (Å²) in [5, 5.41) is 13.5. The molecule has 0 unspecified atom stereocenters. The van der Waals surface area contributed by atoms with Crippen LogP contribution in [0.15, 0.2) is 119 Å². The summed E-state index contributed by atoms with van der Waals surface area (Å²) in [5.74, 6) is -2.49. The third-order valence-electron chi connectivity index (χ3n) is 9.90. The number of allylic oxidation sites excluding steroid dienone is 7. The van der Waals surface area contributed by atoms with E-state index < -0.39 is 23.7 Å². The third-order valence-corrected chi connectivity index (χ3v) is 9.90. The highest BCUT2D eigenvalue weighted by Crippen LogP contribution is 2.55. The number of nitrogens with one attached hydrogen (secondary N) is 1. The van der Waals surface area contributed by atoms with Crippen molar-refractivity contribution in [3.05, 3.63) is 125 Å². The first kappa shape index (κ1) is 28.0. The van der Waals surface area contributed by atoms with Crippen LogP contribution in [0.25, 0.3) is 0 Å². The molecule has 8 rings (SSSR count). The van der Waals surface area contributed by atoms with Gasteiger partial charge in [0.2, 0.25) is 11.8 Å². The molecule has 228 valence electrons. The van der Waals surface area contributed by atoms with Gasteiger partial charge in [0.05, 0.1) is 23.8 Å². The molecule has 46 heavy (non-hydrogen) atoms. The molecule has 1 fully saturated rings. The fourth-order valence-corrected chi connectivity index (χ4v) is 7.81. The number of ketones is 2. The molecule has 0 spiro atoms. The van der Waals surface area contributed by atoms with Gasteiger partial charge in [-0.25, -0.2) is 0 Å². The van der Waals surface area contributed by atoms with Crippen molar-refractivity contribution in [2.75, 3.05) is 10.2 Å². The lowest BCUT2D eigenvalue weighted by Gasteiger charge is -2.43. The summed E-state index contributed by atoms with van der Waals surface area (Å²) in [7, 11) is 0. The van der Waals surface area contributed by atoms with E-state index in [9.17, 15) is 24.3 Å². The average molecular weight is 611 g/mol. The number of amides is 2. The number of carbonyl (C=O) groups excluding carboxylic acids is 4. The lowest BCUT2D eigenvalue weighted by Crippen LogP contribution is -2.41.